The van der Waals surface area contributed by atoms with Gasteiger partial charge in [-0.25, -0.2) is 9.18 Å². The zero-order valence-corrected chi connectivity index (χ0v) is 9.16. The zero-order valence-electron chi connectivity index (χ0n) is 7.58. The van der Waals surface area contributed by atoms with Crippen LogP contribution in [0.15, 0.2) is 22.7 Å². The molecule has 0 fully saturated rings. The molecule has 0 saturated heterocycles. The van der Waals surface area contributed by atoms with Crippen LogP contribution in [0.1, 0.15) is 0 Å². The minimum absolute atomic E-state index is 0.151. The van der Waals surface area contributed by atoms with Crippen LogP contribution >= 0.6 is 15.9 Å². The first-order chi connectivity index (χ1) is 7.00. The molecule has 1 atom stereocenters. The fourth-order valence-electron chi connectivity index (χ4n) is 0.927. The summed E-state index contributed by atoms with van der Waals surface area (Å²) >= 11 is 3.09. The molecule has 0 aliphatic carbocycles. The van der Waals surface area contributed by atoms with Crippen molar-refractivity contribution in [2.45, 2.75) is 6.10 Å². The Hall–Kier alpha value is -1.14. The first kappa shape index (κ1) is 11.9. The Morgan fingerprint density at radius 2 is 2.27 bits per heavy atom. The number of aliphatic hydroxyl groups is 1. The average molecular weight is 278 g/mol. The number of rotatable bonds is 4. The van der Waals surface area contributed by atoms with Crippen LogP contribution in [0.2, 0.25) is 0 Å². The molecule has 0 bridgehead atoms. The number of carboxylic acids is 1. The summed E-state index contributed by atoms with van der Waals surface area (Å²) in [5.74, 6) is -1.86. The summed E-state index contributed by atoms with van der Waals surface area (Å²) in [4.78, 5) is 10.3. The molecule has 3 N–H and O–H groups in total. The lowest BCUT2D eigenvalue weighted by Crippen LogP contribution is -2.28. The van der Waals surface area contributed by atoms with Gasteiger partial charge in [-0.3, -0.25) is 0 Å². The van der Waals surface area contributed by atoms with Gasteiger partial charge < -0.3 is 15.5 Å². The van der Waals surface area contributed by atoms with Crippen molar-refractivity contribution in [3.8, 4) is 0 Å². The fourth-order valence-corrected chi connectivity index (χ4v) is 1.26. The van der Waals surface area contributed by atoms with E-state index in [1.165, 1.54) is 12.1 Å². The summed E-state index contributed by atoms with van der Waals surface area (Å²) in [5, 5.41) is 19.8. The average Bonchev–Trinajstić information content (AvgIpc) is 2.15. The molecule has 0 aliphatic rings. The summed E-state index contributed by atoms with van der Waals surface area (Å²) in [6.45, 7) is -0.242. The third kappa shape index (κ3) is 3.49. The first-order valence-corrected chi connectivity index (χ1v) is 4.90. The number of nitrogens with one attached hydrogen (secondary N) is 1. The molecule has 1 rings (SSSR count). The second kappa shape index (κ2) is 5.09. The van der Waals surface area contributed by atoms with Crippen molar-refractivity contribution in [3.63, 3.8) is 0 Å². The quantitative estimate of drug-likeness (QED) is 0.779. The van der Waals surface area contributed by atoms with Crippen LogP contribution in [0, 0.1) is 5.82 Å². The number of aliphatic carboxylic acids is 1. The van der Waals surface area contributed by atoms with Crippen LogP contribution in [-0.2, 0) is 4.79 Å². The summed E-state index contributed by atoms with van der Waals surface area (Å²) in [6, 6.07) is 4.31. The molecule has 0 radical (unpaired) electrons. The molecule has 0 spiro atoms. The number of hydrogen-bond donors (Lipinski definition) is 3. The van der Waals surface area contributed by atoms with E-state index in [-0.39, 0.29) is 12.2 Å². The van der Waals surface area contributed by atoms with Gasteiger partial charge in [0, 0.05) is 4.47 Å². The molecule has 6 heteroatoms. The number of carbonyl (C=O) groups is 1. The smallest absolute Gasteiger partial charge is 0.334 e. The number of anilines is 1. The van der Waals surface area contributed by atoms with Crippen LogP contribution < -0.4 is 5.32 Å². The van der Waals surface area contributed by atoms with Crippen LogP contribution in [-0.4, -0.2) is 28.8 Å². The topological polar surface area (TPSA) is 69.6 Å². The van der Waals surface area contributed by atoms with Gasteiger partial charge in [0.15, 0.2) is 6.10 Å². The highest BCUT2D eigenvalue weighted by Gasteiger charge is 2.13. The van der Waals surface area contributed by atoms with E-state index in [0.29, 0.717) is 4.47 Å². The Morgan fingerprint density at radius 1 is 1.60 bits per heavy atom. The van der Waals surface area contributed by atoms with E-state index < -0.39 is 17.9 Å². The molecule has 0 amide bonds. The fraction of sp³-hybridized carbons (Fsp3) is 0.222. The van der Waals surface area contributed by atoms with Crippen molar-refractivity contribution < 1.29 is 19.4 Å². The normalized spacial score (nSPS) is 12.2. The van der Waals surface area contributed by atoms with E-state index in [9.17, 15) is 9.18 Å². The highest BCUT2D eigenvalue weighted by molar-refractivity contribution is 9.10. The van der Waals surface area contributed by atoms with Gasteiger partial charge in [0.1, 0.15) is 5.82 Å². The molecule has 0 saturated carbocycles. The number of carboxylic acid groups (broad SMARTS) is 1. The van der Waals surface area contributed by atoms with Crippen LogP contribution in [0.4, 0.5) is 10.1 Å². The van der Waals surface area contributed by atoms with Gasteiger partial charge in [-0.05, 0) is 18.2 Å². The lowest BCUT2D eigenvalue weighted by atomic mass is 10.3. The maximum Gasteiger partial charge on any atom is 0.334 e. The molecule has 4 nitrogen and oxygen atoms in total. The monoisotopic (exact) mass is 277 g/mol. The number of halogens is 2. The van der Waals surface area contributed by atoms with Crippen LogP contribution in [0.5, 0.6) is 0 Å². The molecule has 1 aromatic carbocycles. The maximum absolute atomic E-state index is 13.2. The Bertz CT molecular complexity index is 372. The van der Waals surface area contributed by atoms with Crippen molar-refractivity contribution in [1.82, 2.24) is 0 Å². The zero-order chi connectivity index (χ0) is 11.4. The summed E-state index contributed by atoms with van der Waals surface area (Å²) < 4.78 is 13.8. The van der Waals surface area contributed by atoms with Gasteiger partial charge in [0.25, 0.3) is 0 Å². The Labute approximate surface area is 93.9 Å². The Balaban J connectivity index is 2.62. The molecule has 0 aromatic heterocycles. The molecule has 15 heavy (non-hydrogen) atoms. The Morgan fingerprint density at radius 3 is 2.80 bits per heavy atom. The molecular formula is C9H9BrFNO3. The maximum atomic E-state index is 13.2. The van der Waals surface area contributed by atoms with Gasteiger partial charge in [-0.1, -0.05) is 15.9 Å². The highest BCUT2D eigenvalue weighted by Crippen LogP contribution is 2.19. The minimum atomic E-state index is -1.55. The van der Waals surface area contributed by atoms with Crippen molar-refractivity contribution in [2.75, 3.05) is 11.9 Å². The molecular weight excluding hydrogens is 269 g/mol. The van der Waals surface area contributed by atoms with Crippen molar-refractivity contribution >= 4 is 27.6 Å². The predicted octanol–water partition coefficient (Wildman–Crippen LogP) is 1.45. The van der Waals surface area contributed by atoms with Crippen molar-refractivity contribution in [1.29, 1.82) is 0 Å². The van der Waals surface area contributed by atoms with Gasteiger partial charge in [-0.15, -0.1) is 0 Å². The molecule has 1 aromatic rings. The predicted molar refractivity (Wildman–Crippen MR) is 56.2 cm³/mol. The first-order valence-electron chi connectivity index (χ1n) is 4.10. The van der Waals surface area contributed by atoms with E-state index in [0.717, 1.165) is 0 Å². The van der Waals surface area contributed by atoms with E-state index in [1.807, 2.05) is 0 Å². The van der Waals surface area contributed by atoms with Gasteiger partial charge in [0.2, 0.25) is 0 Å². The van der Waals surface area contributed by atoms with E-state index >= 15 is 0 Å². The van der Waals surface area contributed by atoms with E-state index in [2.05, 4.69) is 21.2 Å². The second-order valence-corrected chi connectivity index (χ2v) is 3.77. The largest absolute Gasteiger partial charge is 0.479 e. The number of benzene rings is 1. The minimum Gasteiger partial charge on any atom is -0.479 e. The summed E-state index contributed by atoms with van der Waals surface area (Å²) in [5.41, 5.74) is 0.151. The van der Waals surface area contributed by atoms with Crippen LogP contribution in [0.25, 0.3) is 0 Å². The van der Waals surface area contributed by atoms with Crippen LogP contribution in [0.3, 0.4) is 0 Å². The molecule has 0 heterocycles. The molecule has 82 valence electrons. The van der Waals surface area contributed by atoms with Gasteiger partial charge in [0.05, 0.1) is 12.2 Å². The van der Waals surface area contributed by atoms with Gasteiger partial charge >= 0.3 is 5.97 Å². The molecule has 0 aliphatic heterocycles. The number of aliphatic hydroxyl groups excluding tert-OH is 1. The van der Waals surface area contributed by atoms with Gasteiger partial charge in [-0.2, -0.15) is 0 Å². The lowest BCUT2D eigenvalue weighted by molar-refractivity contribution is -0.145. The standard InChI is InChI=1S/C9H9BrFNO3/c10-5-1-2-7(6(11)3-5)12-4-8(13)9(14)15/h1-3,8,12-13H,4H2,(H,14,15). The van der Waals surface area contributed by atoms with Crippen molar-refractivity contribution in [2.24, 2.45) is 0 Å². The lowest BCUT2D eigenvalue weighted by Gasteiger charge is -2.09. The SMILES string of the molecule is O=C(O)C(O)CNc1ccc(Br)cc1F. The van der Waals surface area contributed by atoms with Crippen molar-refractivity contribution in [3.05, 3.63) is 28.5 Å². The molecule has 1 unspecified atom stereocenters. The van der Waals surface area contributed by atoms with E-state index in [4.69, 9.17) is 10.2 Å². The third-order valence-electron chi connectivity index (χ3n) is 1.70. The third-order valence-corrected chi connectivity index (χ3v) is 2.20. The highest BCUT2D eigenvalue weighted by atomic mass is 79.9. The Kier molecular flexibility index (Phi) is 4.05. The number of hydrogen-bond acceptors (Lipinski definition) is 3. The summed E-state index contributed by atoms with van der Waals surface area (Å²) in [7, 11) is 0. The second-order valence-electron chi connectivity index (χ2n) is 2.86. The van der Waals surface area contributed by atoms with E-state index in [1.54, 1.807) is 6.07 Å². The summed E-state index contributed by atoms with van der Waals surface area (Å²) in [6.07, 6.45) is -1.55.